The quantitative estimate of drug-likeness (QED) is 0.468. The van der Waals surface area contributed by atoms with Gasteiger partial charge in [0.1, 0.15) is 5.01 Å². The molecule has 2 N–H and O–H groups in total. The minimum absolute atomic E-state index is 0.243. The van der Waals surface area contributed by atoms with Gasteiger partial charge in [0, 0.05) is 23.2 Å². The normalized spacial score (nSPS) is 10.9. The van der Waals surface area contributed by atoms with Crippen LogP contribution < -0.4 is 10.6 Å². The fourth-order valence-corrected chi connectivity index (χ4v) is 3.98. The van der Waals surface area contributed by atoms with Gasteiger partial charge in [-0.15, -0.1) is 10.2 Å². The first-order valence-corrected chi connectivity index (χ1v) is 10.7. The van der Waals surface area contributed by atoms with Crippen molar-refractivity contribution >= 4 is 45.2 Å². The number of aromatic nitrogens is 4. The van der Waals surface area contributed by atoms with Gasteiger partial charge in [-0.3, -0.25) is 10.1 Å². The Morgan fingerprint density at radius 3 is 2.63 bits per heavy atom. The molecule has 2 aromatic heterocycles. The molecular weight excluding hydrogens is 416 g/mol. The molecule has 4 aromatic rings. The summed E-state index contributed by atoms with van der Waals surface area (Å²) in [6.45, 7) is 5.97. The maximum atomic E-state index is 12.4. The summed E-state index contributed by atoms with van der Waals surface area (Å²) >= 11 is 6.83. The lowest BCUT2D eigenvalue weighted by Crippen LogP contribution is -2.34. The van der Waals surface area contributed by atoms with E-state index >= 15 is 0 Å². The summed E-state index contributed by atoms with van der Waals surface area (Å²) in [6, 6.07) is 13.3. The molecule has 0 aliphatic carbocycles. The fraction of sp³-hybridized carbons (Fsp3) is 0.190. The number of aryl methyl sites for hydroxylation is 3. The smallest absolute Gasteiger partial charge is 0.257 e. The Bertz CT molecular complexity index is 1240. The van der Waals surface area contributed by atoms with Crippen LogP contribution >= 0.6 is 23.6 Å². The first kappa shape index (κ1) is 20.1. The van der Waals surface area contributed by atoms with E-state index in [2.05, 4.69) is 25.9 Å². The summed E-state index contributed by atoms with van der Waals surface area (Å²) < 4.78 is 1.78. The molecule has 2 aromatic carbocycles. The molecular formula is C21H20N6OS2. The van der Waals surface area contributed by atoms with E-state index in [1.54, 1.807) is 16.6 Å². The van der Waals surface area contributed by atoms with Crippen LogP contribution in [-0.4, -0.2) is 30.8 Å². The number of fused-ring (bicyclic) bond motifs is 1. The van der Waals surface area contributed by atoms with Gasteiger partial charge in [0.2, 0.25) is 4.96 Å². The first-order chi connectivity index (χ1) is 14.4. The maximum absolute atomic E-state index is 12.4. The molecule has 0 atom stereocenters. The molecule has 0 spiro atoms. The summed E-state index contributed by atoms with van der Waals surface area (Å²) in [6.07, 6.45) is 0.764. The summed E-state index contributed by atoms with van der Waals surface area (Å²) in [4.78, 5) is 13.2. The van der Waals surface area contributed by atoms with E-state index in [0.717, 1.165) is 44.6 Å². The van der Waals surface area contributed by atoms with E-state index in [0.29, 0.717) is 5.56 Å². The number of nitrogens with one attached hydrogen (secondary N) is 2. The topological polar surface area (TPSA) is 84.2 Å². The van der Waals surface area contributed by atoms with Gasteiger partial charge in [0.15, 0.2) is 10.9 Å². The molecule has 0 unspecified atom stereocenters. The SMILES string of the molecule is CCc1nnc2sc(-c3ccc(C)c(NC(=S)NC(=O)c4ccc(C)cc4)c3)nn12. The van der Waals surface area contributed by atoms with Gasteiger partial charge < -0.3 is 5.32 Å². The second-order valence-electron chi connectivity index (χ2n) is 6.88. The Kier molecular flexibility index (Phi) is 5.56. The third-order valence-corrected chi connectivity index (χ3v) is 5.80. The van der Waals surface area contributed by atoms with Crippen LogP contribution in [0.25, 0.3) is 15.5 Å². The number of hydrogen-bond acceptors (Lipinski definition) is 6. The third-order valence-electron chi connectivity index (χ3n) is 4.65. The molecule has 0 aliphatic rings. The van der Waals surface area contributed by atoms with Crippen LogP contribution in [0, 0.1) is 13.8 Å². The van der Waals surface area contributed by atoms with Crippen molar-refractivity contribution in [2.45, 2.75) is 27.2 Å². The van der Waals surface area contributed by atoms with Crippen molar-refractivity contribution in [1.29, 1.82) is 0 Å². The van der Waals surface area contributed by atoms with Crippen LogP contribution in [0.15, 0.2) is 42.5 Å². The number of carbonyl (C=O) groups excluding carboxylic acids is 1. The number of benzene rings is 2. The molecule has 152 valence electrons. The molecule has 9 heteroatoms. The lowest BCUT2D eigenvalue weighted by molar-refractivity contribution is 0.0977. The van der Waals surface area contributed by atoms with Gasteiger partial charge in [-0.2, -0.15) is 9.61 Å². The van der Waals surface area contributed by atoms with Crippen LogP contribution in [-0.2, 0) is 6.42 Å². The van der Waals surface area contributed by atoms with Gasteiger partial charge >= 0.3 is 0 Å². The fourth-order valence-electron chi connectivity index (χ4n) is 2.92. The van der Waals surface area contributed by atoms with Crippen molar-refractivity contribution in [3.8, 4) is 10.6 Å². The number of anilines is 1. The molecule has 30 heavy (non-hydrogen) atoms. The highest BCUT2D eigenvalue weighted by molar-refractivity contribution is 7.80. The summed E-state index contributed by atoms with van der Waals surface area (Å²) in [5.41, 5.74) is 4.40. The predicted molar refractivity (Wildman–Crippen MR) is 123 cm³/mol. The number of thiocarbonyl (C=S) groups is 1. The summed E-state index contributed by atoms with van der Waals surface area (Å²) in [7, 11) is 0. The predicted octanol–water partition coefficient (Wildman–Crippen LogP) is 4.16. The van der Waals surface area contributed by atoms with Gasteiger partial charge in [0.25, 0.3) is 5.91 Å². The molecule has 7 nitrogen and oxygen atoms in total. The van der Waals surface area contributed by atoms with Crippen molar-refractivity contribution in [2.75, 3.05) is 5.32 Å². The highest BCUT2D eigenvalue weighted by Crippen LogP contribution is 2.29. The molecule has 0 fully saturated rings. The Labute approximate surface area is 183 Å². The molecule has 0 aliphatic heterocycles. The zero-order chi connectivity index (χ0) is 21.3. The molecule has 0 bridgehead atoms. The van der Waals surface area contributed by atoms with E-state index < -0.39 is 0 Å². The van der Waals surface area contributed by atoms with Gasteiger partial charge in [-0.25, -0.2) is 0 Å². The monoisotopic (exact) mass is 436 g/mol. The van der Waals surface area contributed by atoms with E-state index in [1.165, 1.54) is 11.3 Å². The minimum Gasteiger partial charge on any atom is -0.332 e. The average molecular weight is 437 g/mol. The van der Waals surface area contributed by atoms with E-state index in [-0.39, 0.29) is 11.0 Å². The van der Waals surface area contributed by atoms with Crippen LogP contribution in [0.1, 0.15) is 34.2 Å². The minimum atomic E-state index is -0.248. The lowest BCUT2D eigenvalue weighted by atomic mass is 10.1. The Hall–Kier alpha value is -3.17. The Morgan fingerprint density at radius 2 is 1.90 bits per heavy atom. The zero-order valence-corrected chi connectivity index (χ0v) is 18.4. The lowest BCUT2D eigenvalue weighted by Gasteiger charge is -2.13. The van der Waals surface area contributed by atoms with Gasteiger partial charge in [-0.05, 0) is 49.8 Å². The van der Waals surface area contributed by atoms with E-state index in [4.69, 9.17) is 12.2 Å². The van der Waals surface area contributed by atoms with Crippen LogP contribution in [0.3, 0.4) is 0 Å². The highest BCUT2D eigenvalue weighted by atomic mass is 32.1. The second-order valence-corrected chi connectivity index (χ2v) is 8.24. The van der Waals surface area contributed by atoms with Crippen molar-refractivity contribution in [2.24, 2.45) is 0 Å². The zero-order valence-electron chi connectivity index (χ0n) is 16.8. The molecule has 0 radical (unpaired) electrons. The number of nitrogens with zero attached hydrogens (tertiary/aromatic N) is 4. The average Bonchev–Trinajstić information content (AvgIpc) is 3.30. The third kappa shape index (κ3) is 4.07. The molecule has 0 saturated carbocycles. The largest absolute Gasteiger partial charge is 0.332 e. The van der Waals surface area contributed by atoms with Crippen molar-refractivity contribution in [3.63, 3.8) is 0 Å². The number of amides is 1. The summed E-state index contributed by atoms with van der Waals surface area (Å²) in [5.74, 6) is 0.583. The van der Waals surface area contributed by atoms with Crippen LogP contribution in [0.5, 0.6) is 0 Å². The van der Waals surface area contributed by atoms with Crippen LogP contribution in [0.2, 0.25) is 0 Å². The second kappa shape index (κ2) is 8.29. The Balaban J connectivity index is 1.52. The first-order valence-electron chi connectivity index (χ1n) is 9.45. The maximum Gasteiger partial charge on any atom is 0.257 e. The molecule has 4 rings (SSSR count). The van der Waals surface area contributed by atoms with E-state index in [9.17, 15) is 4.79 Å². The number of hydrogen-bond donors (Lipinski definition) is 2. The molecule has 2 heterocycles. The van der Waals surface area contributed by atoms with Crippen LogP contribution in [0.4, 0.5) is 5.69 Å². The van der Waals surface area contributed by atoms with Gasteiger partial charge in [0.05, 0.1) is 0 Å². The van der Waals surface area contributed by atoms with E-state index in [1.807, 2.05) is 51.1 Å². The number of carbonyl (C=O) groups is 1. The van der Waals surface area contributed by atoms with Gasteiger partial charge in [-0.1, -0.05) is 48.1 Å². The Morgan fingerprint density at radius 1 is 1.13 bits per heavy atom. The standard InChI is InChI=1S/C21H20N6OS2/c1-4-17-24-25-21-27(17)26-19(30-21)15-10-7-13(3)16(11-15)22-20(29)23-18(28)14-8-5-12(2)6-9-14/h5-11H,4H2,1-3H3,(H2,22,23,28,29). The van der Waals surface area contributed by atoms with Crippen molar-refractivity contribution in [1.82, 2.24) is 25.1 Å². The molecule has 1 amide bonds. The van der Waals surface area contributed by atoms with Crippen molar-refractivity contribution < 1.29 is 4.79 Å². The molecule has 0 saturated heterocycles. The highest BCUT2D eigenvalue weighted by Gasteiger charge is 2.14. The van der Waals surface area contributed by atoms with Crippen molar-refractivity contribution in [3.05, 3.63) is 65.0 Å². The number of rotatable bonds is 4. The summed E-state index contributed by atoms with van der Waals surface area (Å²) in [5, 5.41) is 19.9.